The lowest BCUT2D eigenvalue weighted by atomic mass is 9.21. The minimum Gasteiger partial charge on any atom is -0.143 e. The second-order valence-corrected chi connectivity index (χ2v) is 11.2. The molecule has 0 heterocycles. The van der Waals surface area contributed by atoms with E-state index in [1.54, 1.807) is 0 Å². The van der Waals surface area contributed by atoms with Crippen LogP contribution in [-0.4, -0.2) is 6.71 Å². The van der Waals surface area contributed by atoms with Crippen molar-refractivity contribution in [3.63, 3.8) is 0 Å². The molecule has 0 aliphatic heterocycles. The molecule has 24 heavy (non-hydrogen) atoms. The average Bonchev–Trinajstić information content (AvgIpc) is 2.52. The van der Waals surface area contributed by atoms with Crippen molar-refractivity contribution in [2.24, 2.45) is 46.3 Å². The third-order valence-corrected chi connectivity index (χ3v) is 10.1. The fraction of sp³-hybridized carbons (Fsp3) is 0.870. The van der Waals surface area contributed by atoms with E-state index in [1.807, 2.05) is 0 Å². The van der Waals surface area contributed by atoms with Crippen LogP contribution in [0.25, 0.3) is 0 Å². The molecule has 4 bridgehead atoms. The van der Waals surface area contributed by atoms with Crippen LogP contribution in [0.1, 0.15) is 67.2 Å². The molecule has 0 saturated heterocycles. The molecule has 132 valence electrons. The Labute approximate surface area is 150 Å². The molecule has 0 nitrogen and oxygen atoms in total. The standard InChI is InChI=1S/C23H37B/c1-8-9-24(20-12-16-10-18(14(20)2)22(16,4)5)21-13-17-11-19(15(21)3)23(17,6)7/h9,14-21H,1,10-13H2,2-7H3/t14-,15-,16+,17+,18+,19+,20+,21+/m0/s1. The molecule has 8 atom stereocenters. The van der Waals surface area contributed by atoms with Gasteiger partial charge >= 0.3 is 0 Å². The molecule has 0 radical (unpaired) electrons. The van der Waals surface area contributed by atoms with Gasteiger partial charge in [0.15, 0.2) is 6.71 Å². The summed E-state index contributed by atoms with van der Waals surface area (Å²) in [5, 5.41) is 0. The molecule has 0 unspecified atom stereocenters. The normalized spacial score (nSPS) is 50.1. The van der Waals surface area contributed by atoms with Gasteiger partial charge < -0.3 is 0 Å². The van der Waals surface area contributed by atoms with Crippen LogP contribution in [0.4, 0.5) is 0 Å². The molecule has 1 heteroatoms. The Morgan fingerprint density at radius 1 is 0.833 bits per heavy atom. The summed E-state index contributed by atoms with van der Waals surface area (Å²) < 4.78 is 0. The van der Waals surface area contributed by atoms with Gasteiger partial charge in [0, 0.05) is 0 Å². The van der Waals surface area contributed by atoms with E-state index in [-0.39, 0.29) is 0 Å². The second kappa shape index (κ2) is 5.29. The smallest absolute Gasteiger partial charge is 0.143 e. The maximum Gasteiger partial charge on any atom is 0.183 e. The highest BCUT2D eigenvalue weighted by Crippen LogP contribution is 2.69. The molecule has 0 aromatic carbocycles. The highest BCUT2D eigenvalue weighted by Gasteiger charge is 2.61. The molecule has 6 aliphatic carbocycles. The lowest BCUT2D eigenvalue weighted by Gasteiger charge is -2.66. The minimum atomic E-state index is 0.598. The van der Waals surface area contributed by atoms with Crippen LogP contribution in [0.3, 0.4) is 0 Å². The lowest BCUT2D eigenvalue weighted by molar-refractivity contribution is -0.107. The zero-order valence-electron chi connectivity index (χ0n) is 16.8. The van der Waals surface area contributed by atoms with E-state index < -0.39 is 0 Å². The third-order valence-electron chi connectivity index (χ3n) is 10.1. The van der Waals surface area contributed by atoms with Gasteiger partial charge in [-0.25, -0.2) is 0 Å². The third kappa shape index (κ3) is 2.06. The Kier molecular flexibility index (Phi) is 3.75. The molecule has 0 amide bonds. The average molecular weight is 324 g/mol. The van der Waals surface area contributed by atoms with Crippen molar-refractivity contribution < 1.29 is 0 Å². The Morgan fingerprint density at radius 3 is 1.54 bits per heavy atom. The van der Waals surface area contributed by atoms with Crippen LogP contribution < -0.4 is 0 Å². The van der Waals surface area contributed by atoms with E-state index in [0.29, 0.717) is 10.8 Å². The van der Waals surface area contributed by atoms with Crippen molar-refractivity contribution in [1.82, 2.24) is 0 Å². The second-order valence-electron chi connectivity index (χ2n) is 11.2. The predicted octanol–water partition coefficient (Wildman–Crippen LogP) is 6.51. The SMILES string of the molecule is C=C=CB([C@@H]1C[C@H]2C[C@H]([C@@H]1C)C2(C)C)[C@@H]1C[C@H]2C[C@H]([C@@H]1C)C2(C)C. The van der Waals surface area contributed by atoms with Gasteiger partial charge in [-0.2, -0.15) is 0 Å². The summed E-state index contributed by atoms with van der Waals surface area (Å²) in [7, 11) is 0. The van der Waals surface area contributed by atoms with Crippen molar-refractivity contribution in [2.75, 3.05) is 0 Å². The number of rotatable bonds is 3. The van der Waals surface area contributed by atoms with Gasteiger partial charge in [0.25, 0.3) is 0 Å². The molecule has 6 fully saturated rings. The fourth-order valence-electron chi connectivity index (χ4n) is 8.10. The van der Waals surface area contributed by atoms with E-state index in [1.165, 1.54) is 25.7 Å². The van der Waals surface area contributed by atoms with Gasteiger partial charge in [-0.05, 0) is 59.2 Å². The zero-order chi connectivity index (χ0) is 17.4. The summed E-state index contributed by atoms with van der Waals surface area (Å²) in [5.41, 5.74) is 4.43. The van der Waals surface area contributed by atoms with Crippen molar-refractivity contribution >= 4 is 6.71 Å². The summed E-state index contributed by atoms with van der Waals surface area (Å²) in [6.45, 7) is 19.9. The van der Waals surface area contributed by atoms with Crippen LogP contribution in [0.5, 0.6) is 0 Å². The fourth-order valence-corrected chi connectivity index (χ4v) is 8.10. The molecule has 6 aliphatic rings. The topological polar surface area (TPSA) is 0 Å². The molecule has 0 aromatic rings. The summed E-state index contributed by atoms with van der Waals surface area (Å²) in [6.07, 6.45) is 5.90. The van der Waals surface area contributed by atoms with Crippen molar-refractivity contribution in [3.05, 3.63) is 18.3 Å². The maximum absolute atomic E-state index is 3.98. The lowest BCUT2D eigenvalue weighted by Crippen LogP contribution is -2.59. The van der Waals surface area contributed by atoms with Gasteiger partial charge in [0.1, 0.15) is 0 Å². The summed E-state index contributed by atoms with van der Waals surface area (Å²) in [4.78, 5) is 0. The van der Waals surface area contributed by atoms with Gasteiger partial charge in [-0.1, -0.05) is 78.6 Å². The van der Waals surface area contributed by atoms with Crippen LogP contribution in [-0.2, 0) is 0 Å². The first-order valence-electron chi connectivity index (χ1n) is 10.6. The first-order valence-corrected chi connectivity index (χ1v) is 10.6. The van der Waals surface area contributed by atoms with Crippen molar-refractivity contribution in [2.45, 2.75) is 78.9 Å². The van der Waals surface area contributed by atoms with Crippen molar-refractivity contribution in [1.29, 1.82) is 0 Å². The largest absolute Gasteiger partial charge is 0.183 e. The number of hydrogen-bond donors (Lipinski definition) is 0. The van der Waals surface area contributed by atoms with E-state index in [9.17, 15) is 0 Å². The maximum atomic E-state index is 3.98. The van der Waals surface area contributed by atoms with E-state index in [4.69, 9.17) is 0 Å². The molecule has 0 aromatic heterocycles. The van der Waals surface area contributed by atoms with Gasteiger partial charge in [0.2, 0.25) is 0 Å². The quantitative estimate of drug-likeness (QED) is 0.410. The summed E-state index contributed by atoms with van der Waals surface area (Å²) >= 11 is 0. The highest BCUT2D eigenvalue weighted by molar-refractivity contribution is 6.67. The number of fused-ring (bicyclic) bond motifs is 4. The summed E-state index contributed by atoms with van der Waals surface area (Å²) in [5.74, 6) is 9.74. The van der Waals surface area contributed by atoms with E-state index in [0.717, 1.165) is 53.9 Å². The highest BCUT2D eigenvalue weighted by atomic mass is 14.6. The summed E-state index contributed by atoms with van der Waals surface area (Å²) in [6, 6.07) is 0. The number of hydrogen-bond acceptors (Lipinski definition) is 0. The van der Waals surface area contributed by atoms with Crippen molar-refractivity contribution in [3.8, 4) is 0 Å². The Hall–Kier alpha value is -0.415. The van der Waals surface area contributed by atoms with Crippen LogP contribution in [0.2, 0.25) is 11.6 Å². The van der Waals surface area contributed by atoms with E-state index in [2.05, 4.69) is 59.8 Å². The van der Waals surface area contributed by atoms with Gasteiger partial charge in [-0.3, -0.25) is 0 Å². The Balaban J connectivity index is 1.57. The zero-order valence-corrected chi connectivity index (χ0v) is 16.8. The molecule has 0 spiro atoms. The molecule has 0 N–H and O–H groups in total. The Morgan fingerprint density at radius 2 is 1.25 bits per heavy atom. The van der Waals surface area contributed by atoms with Crippen LogP contribution in [0.15, 0.2) is 18.3 Å². The van der Waals surface area contributed by atoms with Crippen LogP contribution in [0, 0.1) is 46.3 Å². The first kappa shape index (κ1) is 17.0. The van der Waals surface area contributed by atoms with Gasteiger partial charge in [0.05, 0.1) is 0 Å². The Bertz CT molecular complexity index is 525. The van der Waals surface area contributed by atoms with E-state index >= 15 is 0 Å². The first-order chi connectivity index (χ1) is 11.2. The van der Waals surface area contributed by atoms with Gasteiger partial charge in [-0.15, -0.1) is 5.73 Å². The predicted molar refractivity (Wildman–Crippen MR) is 105 cm³/mol. The van der Waals surface area contributed by atoms with Crippen LogP contribution >= 0.6 is 0 Å². The minimum absolute atomic E-state index is 0.598. The molecular formula is C23H37B. The molecule has 6 rings (SSSR count). The monoisotopic (exact) mass is 324 g/mol. The molecular weight excluding hydrogens is 287 g/mol. The molecule has 6 saturated carbocycles.